The van der Waals surface area contributed by atoms with Crippen molar-refractivity contribution in [2.45, 2.75) is 31.9 Å². The average molecular weight is 306 g/mol. The molecule has 0 spiro atoms. The van der Waals surface area contributed by atoms with E-state index in [1.807, 2.05) is 30.3 Å². The Hall–Kier alpha value is -2.08. The Kier molecular flexibility index (Phi) is 6.21. The fourth-order valence-corrected chi connectivity index (χ4v) is 2.47. The summed E-state index contributed by atoms with van der Waals surface area (Å²) in [6.45, 7) is 1.19. The van der Waals surface area contributed by atoms with Gasteiger partial charge in [-0.15, -0.1) is 0 Å². The fourth-order valence-electron chi connectivity index (χ4n) is 2.47. The number of amides is 2. The molecule has 1 fully saturated rings. The summed E-state index contributed by atoms with van der Waals surface area (Å²) in [5, 5.41) is 11.5. The minimum Gasteiger partial charge on any atom is -0.445 e. The number of likely N-dealkylation sites (tertiary alicyclic amines) is 1. The van der Waals surface area contributed by atoms with E-state index in [2.05, 4.69) is 5.32 Å². The number of aliphatic hydroxyl groups excluding tert-OH is 1. The van der Waals surface area contributed by atoms with Crippen LogP contribution in [0.25, 0.3) is 0 Å². The number of hydrogen-bond donors (Lipinski definition) is 2. The van der Waals surface area contributed by atoms with Crippen molar-refractivity contribution in [1.29, 1.82) is 0 Å². The summed E-state index contributed by atoms with van der Waals surface area (Å²) < 4.78 is 5.29. The normalized spacial score (nSPS) is 17.3. The predicted molar refractivity (Wildman–Crippen MR) is 81.1 cm³/mol. The lowest BCUT2D eigenvalue weighted by Gasteiger charge is -2.23. The molecular weight excluding hydrogens is 284 g/mol. The maximum absolute atomic E-state index is 12.1. The Bertz CT molecular complexity index is 492. The molecular formula is C16H22N2O4. The van der Waals surface area contributed by atoms with Gasteiger partial charge in [-0.2, -0.15) is 0 Å². The molecule has 22 heavy (non-hydrogen) atoms. The van der Waals surface area contributed by atoms with Crippen molar-refractivity contribution in [3.63, 3.8) is 0 Å². The molecule has 0 saturated carbocycles. The topological polar surface area (TPSA) is 78.9 Å². The van der Waals surface area contributed by atoms with E-state index in [4.69, 9.17) is 9.84 Å². The molecule has 1 aliphatic rings. The van der Waals surface area contributed by atoms with E-state index in [9.17, 15) is 9.59 Å². The molecule has 0 aliphatic carbocycles. The highest BCUT2D eigenvalue weighted by Crippen LogP contribution is 2.19. The van der Waals surface area contributed by atoms with Gasteiger partial charge in [-0.3, -0.25) is 9.69 Å². The van der Waals surface area contributed by atoms with Crippen molar-refractivity contribution in [3.05, 3.63) is 35.9 Å². The highest BCUT2D eigenvalue weighted by atomic mass is 16.6. The number of aliphatic hydroxyl groups is 1. The van der Waals surface area contributed by atoms with Crippen LogP contribution in [0.15, 0.2) is 30.3 Å². The highest BCUT2D eigenvalue weighted by Gasteiger charge is 2.34. The van der Waals surface area contributed by atoms with E-state index in [1.165, 1.54) is 4.90 Å². The number of nitrogens with zero attached hydrogens (tertiary/aromatic N) is 1. The third-order valence-corrected chi connectivity index (χ3v) is 3.63. The van der Waals surface area contributed by atoms with Gasteiger partial charge in [-0.05, 0) is 24.8 Å². The van der Waals surface area contributed by atoms with Crippen LogP contribution in [0, 0.1) is 0 Å². The number of benzene rings is 1. The summed E-state index contributed by atoms with van der Waals surface area (Å²) in [6.07, 6.45) is 1.49. The monoisotopic (exact) mass is 306 g/mol. The van der Waals surface area contributed by atoms with Gasteiger partial charge >= 0.3 is 6.09 Å². The maximum Gasteiger partial charge on any atom is 0.410 e. The molecule has 6 heteroatoms. The molecule has 0 bridgehead atoms. The van der Waals surface area contributed by atoms with Gasteiger partial charge in [-0.25, -0.2) is 4.79 Å². The zero-order valence-electron chi connectivity index (χ0n) is 12.5. The average Bonchev–Trinajstić information content (AvgIpc) is 3.03. The van der Waals surface area contributed by atoms with Gasteiger partial charge in [-0.1, -0.05) is 30.3 Å². The first-order valence-corrected chi connectivity index (χ1v) is 7.58. The van der Waals surface area contributed by atoms with Crippen LogP contribution in [0.5, 0.6) is 0 Å². The SMILES string of the molecule is O=C(NCCCO)[C@@H]1CCCN1C(=O)OCc1ccccc1. The first-order valence-electron chi connectivity index (χ1n) is 7.58. The highest BCUT2D eigenvalue weighted by molar-refractivity contribution is 5.86. The number of carbonyl (C=O) groups is 2. The maximum atomic E-state index is 12.1. The minimum absolute atomic E-state index is 0.0355. The van der Waals surface area contributed by atoms with Crippen LogP contribution < -0.4 is 5.32 Å². The van der Waals surface area contributed by atoms with Crippen molar-refractivity contribution in [2.24, 2.45) is 0 Å². The summed E-state index contributed by atoms with van der Waals surface area (Å²) in [7, 11) is 0. The summed E-state index contributed by atoms with van der Waals surface area (Å²) in [5.74, 6) is -0.178. The molecule has 2 rings (SSSR count). The molecule has 1 heterocycles. The molecule has 0 unspecified atom stereocenters. The Balaban J connectivity index is 1.84. The largest absolute Gasteiger partial charge is 0.445 e. The van der Waals surface area contributed by atoms with Gasteiger partial charge in [0.2, 0.25) is 5.91 Å². The van der Waals surface area contributed by atoms with Crippen molar-refractivity contribution in [2.75, 3.05) is 19.7 Å². The minimum atomic E-state index is -0.470. The van der Waals surface area contributed by atoms with Crippen molar-refractivity contribution < 1.29 is 19.4 Å². The van der Waals surface area contributed by atoms with Crippen molar-refractivity contribution >= 4 is 12.0 Å². The zero-order chi connectivity index (χ0) is 15.8. The molecule has 0 radical (unpaired) electrons. The second-order valence-electron chi connectivity index (χ2n) is 5.26. The second kappa shape index (κ2) is 8.38. The summed E-state index contributed by atoms with van der Waals surface area (Å²) in [5.41, 5.74) is 0.916. The molecule has 1 aromatic carbocycles. The lowest BCUT2D eigenvalue weighted by Crippen LogP contribution is -2.46. The van der Waals surface area contributed by atoms with Crippen molar-refractivity contribution in [3.8, 4) is 0 Å². The quantitative estimate of drug-likeness (QED) is 0.776. The molecule has 1 aliphatic heterocycles. The van der Waals surface area contributed by atoms with Gasteiger partial charge in [0, 0.05) is 19.7 Å². The van der Waals surface area contributed by atoms with Crippen LogP contribution in [0.4, 0.5) is 4.79 Å². The van der Waals surface area contributed by atoms with E-state index in [0.29, 0.717) is 25.9 Å². The van der Waals surface area contributed by atoms with Crippen molar-refractivity contribution in [1.82, 2.24) is 10.2 Å². The Morgan fingerprint density at radius 2 is 2.09 bits per heavy atom. The number of carbonyl (C=O) groups excluding carboxylic acids is 2. The molecule has 2 N–H and O–H groups in total. The smallest absolute Gasteiger partial charge is 0.410 e. The first kappa shape index (κ1) is 16.3. The lowest BCUT2D eigenvalue weighted by atomic mass is 10.2. The molecule has 2 amide bonds. The van der Waals surface area contributed by atoms with E-state index < -0.39 is 12.1 Å². The Labute approximate surface area is 130 Å². The van der Waals surface area contributed by atoms with E-state index in [1.54, 1.807) is 0 Å². The zero-order valence-corrected chi connectivity index (χ0v) is 12.5. The summed E-state index contributed by atoms with van der Waals surface area (Å²) >= 11 is 0. The van der Waals surface area contributed by atoms with E-state index in [-0.39, 0.29) is 19.1 Å². The number of nitrogens with one attached hydrogen (secondary N) is 1. The molecule has 1 atom stereocenters. The molecule has 120 valence electrons. The van der Waals surface area contributed by atoms with Gasteiger partial charge < -0.3 is 15.2 Å². The number of ether oxygens (including phenoxy) is 1. The molecule has 0 aromatic heterocycles. The number of hydrogen-bond acceptors (Lipinski definition) is 4. The lowest BCUT2D eigenvalue weighted by molar-refractivity contribution is -0.125. The van der Waals surface area contributed by atoms with E-state index in [0.717, 1.165) is 12.0 Å². The third kappa shape index (κ3) is 4.46. The Morgan fingerprint density at radius 3 is 2.82 bits per heavy atom. The Morgan fingerprint density at radius 1 is 1.32 bits per heavy atom. The van der Waals surface area contributed by atoms with Crippen LogP contribution in [0.3, 0.4) is 0 Å². The number of rotatable bonds is 6. The molecule has 1 saturated heterocycles. The van der Waals surface area contributed by atoms with E-state index >= 15 is 0 Å². The van der Waals surface area contributed by atoms with Gasteiger partial charge in [0.05, 0.1) is 0 Å². The van der Waals surface area contributed by atoms with Crippen LogP contribution >= 0.6 is 0 Å². The van der Waals surface area contributed by atoms with Gasteiger partial charge in [0.25, 0.3) is 0 Å². The second-order valence-corrected chi connectivity index (χ2v) is 5.26. The van der Waals surface area contributed by atoms with Crippen LogP contribution in [0.1, 0.15) is 24.8 Å². The van der Waals surface area contributed by atoms with Gasteiger partial charge in [0.1, 0.15) is 12.6 Å². The van der Waals surface area contributed by atoms with Crippen LogP contribution in [-0.2, 0) is 16.1 Å². The summed E-state index contributed by atoms with van der Waals surface area (Å²) in [4.78, 5) is 25.7. The van der Waals surface area contributed by atoms with Crippen LogP contribution in [0.2, 0.25) is 0 Å². The van der Waals surface area contributed by atoms with Gasteiger partial charge in [0.15, 0.2) is 0 Å². The molecule has 6 nitrogen and oxygen atoms in total. The summed E-state index contributed by atoms with van der Waals surface area (Å²) in [6, 6.07) is 8.97. The van der Waals surface area contributed by atoms with Crippen LogP contribution in [-0.4, -0.2) is 47.7 Å². The first-order chi connectivity index (χ1) is 10.7. The third-order valence-electron chi connectivity index (χ3n) is 3.63. The standard InChI is InChI=1S/C16H22N2O4/c19-11-5-9-17-15(20)14-8-4-10-18(14)16(21)22-12-13-6-2-1-3-7-13/h1-3,6-7,14,19H,4-5,8-12H2,(H,17,20)/t14-/m0/s1. The fraction of sp³-hybridized carbons (Fsp3) is 0.500. The molecule has 1 aromatic rings. The predicted octanol–water partition coefficient (Wildman–Crippen LogP) is 1.29.